The molecule has 2 heterocycles. The molecule has 0 fully saturated rings. The highest BCUT2D eigenvalue weighted by Crippen LogP contribution is 2.30. The van der Waals surface area contributed by atoms with Crippen LogP contribution in [0.2, 0.25) is 10.0 Å². The zero-order chi connectivity index (χ0) is 14.0. The van der Waals surface area contributed by atoms with Crippen molar-refractivity contribution in [3.05, 3.63) is 38.3 Å². The van der Waals surface area contributed by atoms with Crippen molar-refractivity contribution < 1.29 is 0 Å². The summed E-state index contributed by atoms with van der Waals surface area (Å²) < 4.78 is 2.35. The standard InChI is InChI=1S/C11H12BrCl2N5/c1-3-15-9(10-11(12)17-18-19(10)2)8-7(14)4-6(13)5-16-8/h4-5,9,15H,3H2,1-2H3. The van der Waals surface area contributed by atoms with E-state index in [1.54, 1.807) is 16.9 Å². The Morgan fingerprint density at radius 1 is 1.47 bits per heavy atom. The molecule has 0 radical (unpaired) electrons. The summed E-state index contributed by atoms with van der Waals surface area (Å²) in [5.74, 6) is 0. The first-order chi connectivity index (χ1) is 9.04. The van der Waals surface area contributed by atoms with E-state index < -0.39 is 0 Å². The monoisotopic (exact) mass is 363 g/mol. The van der Waals surface area contributed by atoms with E-state index in [0.29, 0.717) is 20.3 Å². The lowest BCUT2D eigenvalue weighted by Gasteiger charge is -2.18. The minimum atomic E-state index is -0.204. The minimum absolute atomic E-state index is 0.204. The first-order valence-corrected chi connectivity index (χ1v) is 7.18. The van der Waals surface area contributed by atoms with Gasteiger partial charge in [-0.3, -0.25) is 4.98 Å². The number of rotatable bonds is 4. The van der Waals surface area contributed by atoms with Crippen LogP contribution in [-0.2, 0) is 7.05 Å². The molecule has 0 spiro atoms. The number of hydrogen-bond donors (Lipinski definition) is 1. The Morgan fingerprint density at radius 2 is 2.21 bits per heavy atom. The molecule has 0 bridgehead atoms. The van der Waals surface area contributed by atoms with Crippen molar-refractivity contribution in [2.45, 2.75) is 13.0 Å². The van der Waals surface area contributed by atoms with E-state index in [-0.39, 0.29) is 6.04 Å². The molecule has 0 amide bonds. The maximum atomic E-state index is 6.23. The van der Waals surface area contributed by atoms with Crippen LogP contribution in [-0.4, -0.2) is 26.5 Å². The molecule has 1 unspecified atom stereocenters. The molecule has 2 aromatic rings. The van der Waals surface area contributed by atoms with Gasteiger partial charge in [0, 0.05) is 13.2 Å². The molecule has 1 N–H and O–H groups in total. The largest absolute Gasteiger partial charge is 0.304 e. The summed E-state index contributed by atoms with van der Waals surface area (Å²) in [6.45, 7) is 2.76. The average Bonchev–Trinajstić information content (AvgIpc) is 2.67. The van der Waals surface area contributed by atoms with Crippen molar-refractivity contribution in [2.24, 2.45) is 7.05 Å². The molecule has 1 atom stereocenters. The summed E-state index contributed by atoms with van der Waals surface area (Å²) in [6.07, 6.45) is 1.57. The molecule has 102 valence electrons. The van der Waals surface area contributed by atoms with Crippen LogP contribution in [0.1, 0.15) is 24.4 Å². The van der Waals surface area contributed by atoms with Crippen LogP contribution in [0.4, 0.5) is 0 Å². The van der Waals surface area contributed by atoms with Crippen LogP contribution in [0.15, 0.2) is 16.9 Å². The van der Waals surface area contributed by atoms with E-state index in [4.69, 9.17) is 23.2 Å². The Kier molecular flexibility index (Phi) is 4.78. The van der Waals surface area contributed by atoms with Crippen molar-refractivity contribution in [2.75, 3.05) is 6.54 Å². The summed E-state index contributed by atoms with van der Waals surface area (Å²) in [5, 5.41) is 12.3. The van der Waals surface area contributed by atoms with E-state index in [9.17, 15) is 0 Å². The van der Waals surface area contributed by atoms with Crippen LogP contribution in [0.3, 0.4) is 0 Å². The Labute approximate surface area is 129 Å². The molecule has 19 heavy (non-hydrogen) atoms. The molecule has 8 heteroatoms. The van der Waals surface area contributed by atoms with Crippen LogP contribution in [0, 0.1) is 0 Å². The molecule has 0 aliphatic rings. The van der Waals surface area contributed by atoms with Gasteiger partial charge < -0.3 is 5.32 Å². The number of pyridine rings is 1. The van der Waals surface area contributed by atoms with Crippen molar-refractivity contribution in [3.8, 4) is 0 Å². The fraction of sp³-hybridized carbons (Fsp3) is 0.364. The van der Waals surface area contributed by atoms with Gasteiger partial charge in [-0.15, -0.1) is 5.10 Å². The smallest absolute Gasteiger partial charge is 0.153 e. The topological polar surface area (TPSA) is 55.6 Å². The zero-order valence-corrected chi connectivity index (χ0v) is 13.5. The van der Waals surface area contributed by atoms with Crippen LogP contribution >= 0.6 is 39.1 Å². The van der Waals surface area contributed by atoms with E-state index in [0.717, 1.165) is 12.2 Å². The van der Waals surface area contributed by atoms with Gasteiger partial charge in [-0.25, -0.2) is 4.68 Å². The summed E-state index contributed by atoms with van der Waals surface area (Å²) in [5.41, 5.74) is 1.55. The molecule has 0 aliphatic carbocycles. The lowest BCUT2D eigenvalue weighted by atomic mass is 10.1. The van der Waals surface area contributed by atoms with Gasteiger partial charge in [-0.2, -0.15) is 0 Å². The first kappa shape index (κ1) is 14.7. The van der Waals surface area contributed by atoms with Crippen LogP contribution in [0.5, 0.6) is 0 Å². The second-order valence-electron chi connectivity index (χ2n) is 3.90. The average molecular weight is 365 g/mol. The maximum absolute atomic E-state index is 6.23. The van der Waals surface area contributed by atoms with Gasteiger partial charge >= 0.3 is 0 Å². The van der Waals surface area contributed by atoms with Crippen molar-refractivity contribution >= 4 is 39.1 Å². The van der Waals surface area contributed by atoms with Gasteiger partial charge in [-0.05, 0) is 28.5 Å². The molecule has 0 saturated carbocycles. The van der Waals surface area contributed by atoms with Crippen molar-refractivity contribution in [1.82, 2.24) is 25.3 Å². The molecule has 0 aliphatic heterocycles. The number of hydrogen-bond acceptors (Lipinski definition) is 4. The zero-order valence-electron chi connectivity index (χ0n) is 10.4. The fourth-order valence-corrected chi connectivity index (χ4v) is 2.86. The number of aromatic nitrogens is 4. The third kappa shape index (κ3) is 3.08. The normalized spacial score (nSPS) is 12.7. The molecule has 0 aromatic carbocycles. The summed E-state index contributed by atoms with van der Waals surface area (Å²) >= 11 is 15.5. The molecule has 5 nitrogen and oxygen atoms in total. The molecular formula is C11H12BrCl2N5. The summed E-state index contributed by atoms with van der Waals surface area (Å²) in [6, 6.07) is 1.47. The number of halogens is 3. The number of nitrogens with one attached hydrogen (secondary N) is 1. The fourth-order valence-electron chi connectivity index (χ4n) is 1.81. The lowest BCUT2D eigenvalue weighted by Crippen LogP contribution is -2.25. The Balaban J connectivity index is 2.51. The van der Waals surface area contributed by atoms with E-state index in [2.05, 4.69) is 36.5 Å². The second-order valence-corrected chi connectivity index (χ2v) is 5.50. The van der Waals surface area contributed by atoms with Crippen molar-refractivity contribution in [1.29, 1.82) is 0 Å². The van der Waals surface area contributed by atoms with E-state index in [1.165, 1.54) is 0 Å². The predicted molar refractivity (Wildman–Crippen MR) is 78.5 cm³/mol. The van der Waals surface area contributed by atoms with Gasteiger partial charge in [0.15, 0.2) is 4.60 Å². The summed E-state index contributed by atoms with van der Waals surface area (Å²) in [4.78, 5) is 4.32. The highest BCUT2D eigenvalue weighted by atomic mass is 79.9. The Morgan fingerprint density at radius 3 is 2.74 bits per heavy atom. The van der Waals surface area contributed by atoms with Gasteiger partial charge in [0.1, 0.15) is 0 Å². The molecule has 2 aromatic heterocycles. The predicted octanol–water partition coefficient (Wildman–Crippen LogP) is 2.98. The van der Waals surface area contributed by atoms with E-state index in [1.807, 2.05) is 14.0 Å². The van der Waals surface area contributed by atoms with Gasteiger partial charge in [0.25, 0.3) is 0 Å². The SMILES string of the molecule is CCNC(c1ncc(Cl)cc1Cl)c1c(Br)nnn1C. The van der Waals surface area contributed by atoms with Crippen LogP contribution < -0.4 is 5.32 Å². The minimum Gasteiger partial charge on any atom is -0.304 e. The first-order valence-electron chi connectivity index (χ1n) is 5.64. The molecular weight excluding hydrogens is 353 g/mol. The number of aryl methyl sites for hydroxylation is 1. The molecule has 2 rings (SSSR count). The summed E-state index contributed by atoms with van der Waals surface area (Å²) in [7, 11) is 1.82. The third-order valence-electron chi connectivity index (χ3n) is 2.62. The van der Waals surface area contributed by atoms with Gasteiger partial charge in [-0.1, -0.05) is 35.3 Å². The lowest BCUT2D eigenvalue weighted by molar-refractivity contribution is 0.557. The highest BCUT2D eigenvalue weighted by molar-refractivity contribution is 9.10. The number of nitrogens with zero attached hydrogens (tertiary/aromatic N) is 4. The highest BCUT2D eigenvalue weighted by Gasteiger charge is 2.24. The second kappa shape index (κ2) is 6.17. The quantitative estimate of drug-likeness (QED) is 0.906. The van der Waals surface area contributed by atoms with Crippen LogP contribution in [0.25, 0.3) is 0 Å². The van der Waals surface area contributed by atoms with E-state index >= 15 is 0 Å². The molecule has 0 saturated heterocycles. The van der Waals surface area contributed by atoms with Gasteiger partial charge in [0.05, 0.1) is 27.5 Å². The Bertz CT molecular complexity index is 567. The Hall–Kier alpha value is -0.690. The van der Waals surface area contributed by atoms with Gasteiger partial charge in [0.2, 0.25) is 0 Å². The maximum Gasteiger partial charge on any atom is 0.153 e. The van der Waals surface area contributed by atoms with Crippen molar-refractivity contribution in [3.63, 3.8) is 0 Å². The third-order valence-corrected chi connectivity index (χ3v) is 3.69.